The van der Waals surface area contributed by atoms with E-state index in [0.29, 0.717) is 49.5 Å². The first-order valence-corrected chi connectivity index (χ1v) is 30.8. The van der Waals surface area contributed by atoms with Crippen molar-refractivity contribution in [3.05, 3.63) is 119 Å². The number of aliphatic hydroxyl groups excluding tert-OH is 2. The number of esters is 1. The van der Waals surface area contributed by atoms with E-state index in [1.165, 1.54) is 19.4 Å². The maximum Gasteiger partial charge on any atom is 0.405 e. The van der Waals surface area contributed by atoms with E-state index in [1.807, 2.05) is 132 Å². The van der Waals surface area contributed by atoms with Crippen molar-refractivity contribution in [1.82, 2.24) is 42.5 Å². The lowest BCUT2D eigenvalue weighted by Crippen LogP contribution is -2.54. The fourth-order valence-electron chi connectivity index (χ4n) is 9.63. The van der Waals surface area contributed by atoms with Crippen LogP contribution in [-0.4, -0.2) is 179 Å². The highest BCUT2D eigenvalue weighted by Gasteiger charge is 2.34. The number of anilines is 1. The molecular formula is C67H100F3N11O14. The van der Waals surface area contributed by atoms with Crippen LogP contribution in [-0.2, 0) is 62.4 Å². The van der Waals surface area contributed by atoms with Crippen LogP contribution in [0.3, 0.4) is 0 Å². The number of fused-ring (bicyclic) bond motifs is 2. The summed E-state index contributed by atoms with van der Waals surface area (Å²) < 4.78 is 53.9. The number of hydrogen-bond acceptors (Lipinski definition) is 19. The van der Waals surface area contributed by atoms with Crippen LogP contribution in [0.4, 0.5) is 18.9 Å². The van der Waals surface area contributed by atoms with E-state index in [2.05, 4.69) is 46.9 Å². The molecule has 28 heteroatoms. The Morgan fingerprint density at radius 2 is 1.42 bits per heavy atom. The van der Waals surface area contributed by atoms with Gasteiger partial charge in [0, 0.05) is 62.9 Å². The Bertz CT molecular complexity index is 2990. The Balaban J connectivity index is 0.000000402. The van der Waals surface area contributed by atoms with Gasteiger partial charge in [-0.1, -0.05) is 106 Å². The van der Waals surface area contributed by atoms with Crippen LogP contribution in [0, 0.1) is 5.92 Å². The number of rotatable bonds is 21. The summed E-state index contributed by atoms with van der Waals surface area (Å²) in [5, 5.41) is 41.1. The highest BCUT2D eigenvalue weighted by atomic mass is 19.4. The van der Waals surface area contributed by atoms with E-state index in [-0.39, 0.29) is 86.3 Å². The van der Waals surface area contributed by atoms with Gasteiger partial charge in [0.1, 0.15) is 24.4 Å². The molecule has 0 saturated carbocycles. The molecule has 3 heterocycles. The number of carbonyl (C=O) groups excluding carboxylic acids is 8. The lowest BCUT2D eigenvalue weighted by molar-refractivity contribution is -0.146. The first-order chi connectivity index (χ1) is 44.4. The van der Waals surface area contributed by atoms with Crippen LogP contribution in [0.2, 0.25) is 0 Å². The van der Waals surface area contributed by atoms with Crippen molar-refractivity contribution in [2.45, 2.75) is 161 Å². The van der Waals surface area contributed by atoms with Gasteiger partial charge in [-0.25, -0.2) is 4.79 Å². The average Bonchev–Trinajstić information content (AvgIpc) is 1.71. The molecule has 95 heavy (non-hydrogen) atoms. The lowest BCUT2D eigenvalue weighted by Gasteiger charge is -2.34. The van der Waals surface area contributed by atoms with Crippen molar-refractivity contribution in [1.29, 1.82) is 0 Å². The third-order valence-electron chi connectivity index (χ3n) is 14.6. The molecule has 2 fully saturated rings. The second kappa shape index (κ2) is 42.1. The van der Waals surface area contributed by atoms with E-state index < -0.39 is 54.9 Å². The van der Waals surface area contributed by atoms with Crippen molar-refractivity contribution in [3.63, 3.8) is 0 Å². The van der Waals surface area contributed by atoms with Crippen LogP contribution in [0.15, 0.2) is 97.1 Å². The van der Waals surface area contributed by atoms with E-state index in [0.717, 1.165) is 60.4 Å². The molecule has 8 rings (SSSR count). The molecule has 0 aromatic heterocycles. The van der Waals surface area contributed by atoms with E-state index >= 15 is 0 Å². The summed E-state index contributed by atoms with van der Waals surface area (Å²) in [4.78, 5) is 91.6. The normalized spacial score (nSPS) is 18.0. The van der Waals surface area contributed by atoms with Crippen molar-refractivity contribution < 1.29 is 80.7 Å². The van der Waals surface area contributed by atoms with Gasteiger partial charge >= 0.3 is 12.1 Å². The number of nitrogens with one attached hydrogen (secondary N) is 8. The number of nitrogens with zero attached hydrogens (tertiary/aromatic N) is 1. The van der Waals surface area contributed by atoms with Crippen molar-refractivity contribution in [2.75, 3.05) is 65.2 Å². The molecule has 0 radical (unpaired) electrons. The number of benzene rings is 4. The maximum atomic E-state index is 12.3. The summed E-state index contributed by atoms with van der Waals surface area (Å²) in [6.07, 6.45) is -1.53. The number of halogens is 3. The van der Waals surface area contributed by atoms with Gasteiger partial charge in [-0.2, -0.15) is 13.2 Å². The number of methoxy groups -OCH3 is 2. The van der Waals surface area contributed by atoms with Crippen LogP contribution >= 0.6 is 0 Å². The van der Waals surface area contributed by atoms with Crippen LogP contribution in [0.25, 0.3) is 0 Å². The zero-order valence-electron chi connectivity index (χ0n) is 55.2. The number of aliphatic hydroxyl groups is 2. The van der Waals surface area contributed by atoms with Gasteiger partial charge in [-0.05, 0) is 95.0 Å². The topological polar surface area (TPSA) is 365 Å². The molecule has 0 spiro atoms. The van der Waals surface area contributed by atoms with E-state index in [1.54, 1.807) is 21.0 Å². The third-order valence-corrected chi connectivity index (χ3v) is 14.6. The van der Waals surface area contributed by atoms with Gasteiger partial charge in [-0.3, -0.25) is 33.6 Å². The summed E-state index contributed by atoms with van der Waals surface area (Å²) in [5.74, 6) is 0.593. The summed E-state index contributed by atoms with van der Waals surface area (Å²) in [6, 6.07) is 27.9. The second-order valence-corrected chi connectivity index (χ2v) is 23.8. The zero-order chi connectivity index (χ0) is 70.1. The zero-order valence-corrected chi connectivity index (χ0v) is 55.2. The number of ketones is 1. The number of nitrogens with two attached hydrogens (primary N) is 2. The Morgan fingerprint density at radius 1 is 0.811 bits per heavy atom. The minimum Gasteiger partial charge on any atom is -0.493 e. The Kier molecular flexibility index (Phi) is 36.7. The van der Waals surface area contributed by atoms with Crippen LogP contribution in [0.1, 0.15) is 104 Å². The van der Waals surface area contributed by atoms with Gasteiger partial charge in [-0.15, -0.1) is 0 Å². The molecule has 14 N–H and O–H groups in total. The number of Topliss-reactive ketones (excluding diaryl/α,β-unsaturated/α-hetero) is 1. The first-order valence-electron chi connectivity index (χ1n) is 30.8. The summed E-state index contributed by atoms with van der Waals surface area (Å²) >= 11 is 0. The SMILES string of the molecule is C.CC(=O)N[C@@H](Cc1ccccc1)[C@H](O)CN.CC(C)(C)NC=O.COC(=O)C(NC(=O)C(C)NC(=O)C1CCCN1)C(C)C.COc1cc(N2CCNC(C(C)=O)C2)cc2c1OCO2.N[C@H](Cc1ccccc1)C(=O)N[C@H]1c2ccccc2C[C@H]1O.O=CNCC(F)(F)F. The highest BCUT2D eigenvalue weighted by Crippen LogP contribution is 2.44. The molecule has 4 aromatic rings. The minimum absolute atomic E-state index is 0. The Labute approximate surface area is 555 Å². The molecule has 6 amide bonds. The summed E-state index contributed by atoms with van der Waals surface area (Å²) in [5.41, 5.74) is 16.5. The standard InChI is InChI=1S/C18H20N2O2.C14H25N3O4.C14H18N2O4.C12H18N2O2.C5H11NO.C3H4F3NO.CH4/c19-15(10-12-6-2-1-3-7-12)18(22)20-17-14-9-5-4-8-13(14)11-16(17)21;1-8(2)11(14(20)21-4)17-12(18)9(3)16-13(19)10-6-5-7-15-10;1-9(17)11-7-16(4-3-15-11)10-5-12(18-2)14-13(6-10)19-8-20-14;1-9(15)14-11(12(16)8-13)7-10-5-3-2-4-6-10;1-5(2,3)6-4-7;4-3(5,6)1-7-2-8;/h1-9,15-17,21H,10-11,19H2,(H,20,22);8-11,15H,5-7H2,1-4H3,(H,16,19)(H,17,18);5-6,11,15H,3-4,7-8H2,1-2H3;2-6,11-12,16H,7-8,13H2,1H3,(H,14,15);4H,1-3H3,(H,6,7);2H,1H2,(H,7,8);1H4/t15-,16-,17+;;;11-,12+;;;/m1..0.../s1. The van der Waals surface area contributed by atoms with Crippen LogP contribution in [0.5, 0.6) is 17.2 Å². The minimum atomic E-state index is -4.29. The fraction of sp³-hybridized carbons (Fsp3) is 0.522. The number of hydrogen-bond donors (Lipinski definition) is 12. The predicted molar refractivity (Wildman–Crippen MR) is 355 cm³/mol. The molecule has 4 unspecified atom stereocenters. The Hall–Kier alpha value is -8.41. The number of ether oxygens (including phenoxy) is 4. The molecule has 4 aliphatic rings. The van der Waals surface area contributed by atoms with Crippen molar-refractivity contribution in [2.24, 2.45) is 17.4 Å². The quantitative estimate of drug-likeness (QED) is 0.0421. The molecule has 25 nitrogen and oxygen atoms in total. The monoisotopic (exact) mass is 1340 g/mol. The largest absolute Gasteiger partial charge is 0.493 e. The number of piperazine rings is 1. The van der Waals surface area contributed by atoms with E-state index in [4.69, 9.17) is 25.7 Å². The molecule has 528 valence electrons. The average molecular weight is 1340 g/mol. The molecule has 2 saturated heterocycles. The fourth-order valence-corrected chi connectivity index (χ4v) is 9.63. The number of carbonyl (C=O) groups is 8. The first kappa shape index (κ1) is 82.7. The predicted octanol–water partition coefficient (Wildman–Crippen LogP) is 3.19. The van der Waals surface area contributed by atoms with Crippen LogP contribution < -0.4 is 73.1 Å². The van der Waals surface area contributed by atoms with Gasteiger partial charge in [0.2, 0.25) is 49.0 Å². The lowest BCUT2D eigenvalue weighted by atomic mass is 10.0. The smallest absolute Gasteiger partial charge is 0.405 e. The van der Waals surface area contributed by atoms with E-state index in [9.17, 15) is 61.7 Å². The number of amides is 6. The molecule has 4 aromatic carbocycles. The van der Waals surface area contributed by atoms with Gasteiger partial charge < -0.3 is 88.1 Å². The van der Waals surface area contributed by atoms with Gasteiger partial charge in [0.25, 0.3) is 0 Å². The Morgan fingerprint density at radius 3 is 1.93 bits per heavy atom. The highest BCUT2D eigenvalue weighted by molar-refractivity contribution is 5.92. The second-order valence-electron chi connectivity index (χ2n) is 23.8. The van der Waals surface area contributed by atoms with Gasteiger partial charge in [0.15, 0.2) is 11.5 Å². The molecule has 3 aliphatic heterocycles. The van der Waals surface area contributed by atoms with Gasteiger partial charge in [0.05, 0.1) is 56.6 Å². The molecule has 1 aliphatic carbocycles. The van der Waals surface area contributed by atoms with Crippen molar-refractivity contribution >= 4 is 53.9 Å². The van der Waals surface area contributed by atoms with Crippen molar-refractivity contribution in [3.8, 4) is 17.2 Å². The summed E-state index contributed by atoms with van der Waals surface area (Å²) in [7, 11) is 2.89. The molecule has 9 atom stereocenters. The third kappa shape index (κ3) is 30.3. The summed E-state index contributed by atoms with van der Waals surface area (Å²) in [6.45, 7) is 16.2. The molecular weight excluding hydrogens is 1240 g/mol. The maximum absolute atomic E-state index is 12.3. The number of alkyl halides is 3. The molecule has 0 bridgehead atoms.